The van der Waals surface area contributed by atoms with Crippen molar-refractivity contribution < 1.29 is 37.3 Å². The second kappa shape index (κ2) is 8.68. The van der Waals surface area contributed by atoms with E-state index in [2.05, 4.69) is 5.32 Å². The molecule has 1 saturated heterocycles. The normalized spacial score (nSPS) is 17.1. The Kier molecular flexibility index (Phi) is 6.41. The van der Waals surface area contributed by atoms with Gasteiger partial charge in [0.15, 0.2) is 0 Å². The Balaban J connectivity index is 0.000000212. The topological polar surface area (TPSA) is 82.0 Å². The smallest absolute Gasteiger partial charge is 0.379 e. The number of halogens is 4. The van der Waals surface area contributed by atoms with E-state index in [0.29, 0.717) is 24.7 Å². The minimum atomic E-state index is -4.77. The molecule has 0 unspecified atom stereocenters. The van der Waals surface area contributed by atoms with Crippen LogP contribution in [0.2, 0.25) is 0 Å². The first-order valence-corrected chi connectivity index (χ1v) is 9.11. The quantitative estimate of drug-likeness (QED) is 0.505. The molecule has 0 spiro atoms. The number of nitrogens with one attached hydrogen (secondary N) is 1. The first-order chi connectivity index (χ1) is 14.1. The fourth-order valence-corrected chi connectivity index (χ4v) is 3.17. The van der Waals surface area contributed by atoms with Crippen molar-refractivity contribution in [2.75, 3.05) is 26.3 Å². The highest BCUT2D eigenvalue weighted by Gasteiger charge is 2.38. The molecule has 4 rings (SSSR count). The van der Waals surface area contributed by atoms with Crippen molar-refractivity contribution in [2.24, 2.45) is 0 Å². The monoisotopic (exact) mass is 428 g/mol. The van der Waals surface area contributed by atoms with Crippen LogP contribution in [0.25, 0.3) is 0 Å². The van der Waals surface area contributed by atoms with Crippen LogP contribution in [-0.4, -0.2) is 47.3 Å². The molecule has 3 N–H and O–H groups in total. The van der Waals surface area contributed by atoms with E-state index in [9.17, 15) is 32.6 Å². The van der Waals surface area contributed by atoms with Crippen LogP contribution in [0.5, 0.6) is 0 Å². The van der Waals surface area contributed by atoms with E-state index in [4.69, 9.17) is 4.74 Å². The van der Waals surface area contributed by atoms with Crippen molar-refractivity contribution >= 4 is 5.91 Å². The van der Waals surface area contributed by atoms with Crippen LogP contribution >= 0.6 is 0 Å². The van der Waals surface area contributed by atoms with Crippen molar-refractivity contribution in [3.63, 3.8) is 0 Å². The molecule has 1 fully saturated rings. The predicted octanol–water partition coefficient (Wildman–Crippen LogP) is 2.20. The van der Waals surface area contributed by atoms with Gasteiger partial charge in [-0.3, -0.25) is 4.79 Å². The molecule has 0 aliphatic carbocycles. The van der Waals surface area contributed by atoms with Crippen LogP contribution < -0.4 is 5.32 Å². The Morgan fingerprint density at radius 1 is 1.00 bits per heavy atom. The number of hydrogen-bond donors (Lipinski definition) is 3. The second-order valence-electron chi connectivity index (χ2n) is 6.80. The van der Waals surface area contributed by atoms with Gasteiger partial charge in [-0.15, -0.1) is 0 Å². The molecule has 2 aliphatic rings. The van der Waals surface area contributed by atoms with E-state index in [-0.39, 0.29) is 32.2 Å². The molecule has 0 radical (unpaired) electrons. The summed E-state index contributed by atoms with van der Waals surface area (Å²) in [5, 5.41) is 22.8. The van der Waals surface area contributed by atoms with Crippen molar-refractivity contribution in [2.45, 2.75) is 18.6 Å². The van der Waals surface area contributed by atoms with Gasteiger partial charge in [-0.1, -0.05) is 18.2 Å². The first kappa shape index (κ1) is 22.2. The number of amides is 1. The van der Waals surface area contributed by atoms with Crippen LogP contribution in [0.15, 0.2) is 42.5 Å². The maximum atomic E-state index is 13.3. The number of ether oxygens (including phenoxy) is 1. The molecule has 0 atom stereocenters. The van der Waals surface area contributed by atoms with E-state index in [1.807, 2.05) is 24.3 Å². The average molecular weight is 428 g/mol. The summed E-state index contributed by atoms with van der Waals surface area (Å²) in [7, 11) is 0. The minimum Gasteiger partial charge on any atom is -0.379 e. The van der Waals surface area contributed by atoms with Gasteiger partial charge in [0.25, 0.3) is 11.8 Å². The number of nitrogens with zero attached hydrogens (tertiary/aromatic N) is 1. The summed E-state index contributed by atoms with van der Waals surface area (Å²) in [5.74, 6) is -3.81. The number of carbonyl (C=O) groups excluding carboxylic acids is 1. The lowest BCUT2D eigenvalue weighted by molar-refractivity contribution is -0.287. The molecule has 0 aromatic heterocycles. The number of fused-ring (bicyclic) bond motifs is 1. The predicted molar refractivity (Wildman–Crippen MR) is 97.5 cm³/mol. The Labute approximate surface area is 169 Å². The number of aliphatic hydroxyl groups is 2. The molecule has 1 amide bonds. The van der Waals surface area contributed by atoms with Crippen molar-refractivity contribution in [3.05, 3.63) is 70.5 Å². The average Bonchev–Trinajstić information content (AvgIpc) is 3.09. The van der Waals surface area contributed by atoms with Crippen LogP contribution in [0.4, 0.5) is 17.6 Å². The summed E-state index contributed by atoms with van der Waals surface area (Å²) >= 11 is 0. The molecule has 0 saturated carbocycles. The lowest BCUT2D eigenvalue weighted by Crippen LogP contribution is -2.51. The van der Waals surface area contributed by atoms with Crippen molar-refractivity contribution in [3.8, 4) is 0 Å². The Morgan fingerprint density at radius 3 is 2.27 bits per heavy atom. The van der Waals surface area contributed by atoms with E-state index in [1.54, 1.807) is 0 Å². The van der Waals surface area contributed by atoms with E-state index >= 15 is 0 Å². The highest BCUT2D eigenvalue weighted by atomic mass is 19.4. The number of alkyl halides is 3. The van der Waals surface area contributed by atoms with Crippen molar-refractivity contribution in [1.29, 1.82) is 0 Å². The third-order valence-corrected chi connectivity index (χ3v) is 4.77. The molecule has 10 heteroatoms. The van der Waals surface area contributed by atoms with Gasteiger partial charge in [0, 0.05) is 30.8 Å². The number of hydrogen-bond acceptors (Lipinski definition) is 5. The zero-order chi connectivity index (χ0) is 21.9. The molecular formula is C20H20F4N2O4. The molecule has 2 aromatic carbocycles. The fraction of sp³-hybridized carbons (Fsp3) is 0.350. The summed E-state index contributed by atoms with van der Waals surface area (Å²) < 4.78 is 56.1. The summed E-state index contributed by atoms with van der Waals surface area (Å²) in [4.78, 5) is 12.1. The number of rotatable bonds is 2. The van der Waals surface area contributed by atoms with Gasteiger partial charge >= 0.3 is 6.18 Å². The van der Waals surface area contributed by atoms with Gasteiger partial charge in [-0.2, -0.15) is 13.2 Å². The van der Waals surface area contributed by atoms with Gasteiger partial charge in [0.2, 0.25) is 0 Å². The molecular weight excluding hydrogens is 408 g/mol. The largest absolute Gasteiger partial charge is 0.416 e. The third-order valence-electron chi connectivity index (χ3n) is 4.77. The van der Waals surface area contributed by atoms with Crippen LogP contribution in [-0.2, 0) is 23.4 Å². The summed E-state index contributed by atoms with van der Waals surface area (Å²) in [6, 6.07) is 9.13. The summed E-state index contributed by atoms with van der Waals surface area (Å²) in [5.41, 5.74) is 0.0926. The highest BCUT2D eigenvalue weighted by Crippen LogP contribution is 2.33. The fourth-order valence-electron chi connectivity index (χ4n) is 3.17. The van der Waals surface area contributed by atoms with Gasteiger partial charge in [0.05, 0.1) is 18.8 Å². The van der Waals surface area contributed by atoms with E-state index in [0.717, 1.165) is 16.0 Å². The zero-order valence-electron chi connectivity index (χ0n) is 15.7. The first-order valence-electron chi connectivity index (χ1n) is 9.11. The maximum Gasteiger partial charge on any atom is 0.416 e. The zero-order valence-corrected chi connectivity index (χ0v) is 15.7. The lowest BCUT2D eigenvalue weighted by atomic mass is 10.1. The lowest BCUT2D eigenvalue weighted by Gasteiger charge is -2.37. The van der Waals surface area contributed by atoms with Gasteiger partial charge < -0.3 is 20.3 Å². The standard InChI is InChI=1S/C12H13F4NO3.C8H7NO/c13-10-6-8(11(14,15)16)5-9(7-10)12(18,19)17-1-3-20-4-2-17;10-8-7-4-2-1-3-6(7)5-9-8/h5-7,18-19H,1-4H2;1-4H,5H2,(H,9,10). The van der Waals surface area contributed by atoms with E-state index < -0.39 is 29.0 Å². The molecule has 2 aromatic rings. The van der Waals surface area contributed by atoms with Crippen LogP contribution in [0.3, 0.4) is 0 Å². The number of benzene rings is 2. The summed E-state index contributed by atoms with van der Waals surface area (Å²) in [6.07, 6.45) is -4.77. The SMILES string of the molecule is O=C1NCc2ccccc21.OC(O)(c1cc(F)cc(C(F)(F)F)c1)N1CCOCC1. The summed E-state index contributed by atoms with van der Waals surface area (Å²) in [6.45, 7) is 1.35. The maximum absolute atomic E-state index is 13.3. The minimum absolute atomic E-state index is 0.0515. The molecule has 2 heterocycles. The van der Waals surface area contributed by atoms with Crippen molar-refractivity contribution in [1.82, 2.24) is 10.2 Å². The number of carbonyl (C=O) groups is 1. The van der Waals surface area contributed by atoms with Gasteiger partial charge in [0.1, 0.15) is 5.82 Å². The van der Waals surface area contributed by atoms with Gasteiger partial charge in [-0.05, 0) is 29.8 Å². The molecule has 162 valence electrons. The third kappa shape index (κ3) is 4.96. The molecule has 6 nitrogen and oxygen atoms in total. The molecule has 30 heavy (non-hydrogen) atoms. The van der Waals surface area contributed by atoms with E-state index in [1.165, 1.54) is 0 Å². The Bertz CT molecular complexity index is 912. The van der Waals surface area contributed by atoms with Gasteiger partial charge in [-0.25, -0.2) is 9.29 Å². The number of morpholine rings is 1. The Morgan fingerprint density at radius 2 is 1.63 bits per heavy atom. The second-order valence-corrected chi connectivity index (χ2v) is 6.80. The van der Waals surface area contributed by atoms with Crippen LogP contribution in [0.1, 0.15) is 27.0 Å². The van der Waals surface area contributed by atoms with Crippen LogP contribution in [0, 0.1) is 5.82 Å². The molecule has 0 bridgehead atoms. The Hall–Kier alpha value is -2.53. The molecule has 2 aliphatic heterocycles. The highest BCUT2D eigenvalue weighted by molar-refractivity contribution is 5.98.